The van der Waals surface area contributed by atoms with Crippen molar-refractivity contribution < 1.29 is 14.6 Å². The molecule has 0 saturated heterocycles. The second kappa shape index (κ2) is 11.1. The molecule has 1 amide bonds. The highest BCUT2D eigenvalue weighted by atomic mass is 16.5. The minimum Gasteiger partial charge on any atom is -0.490 e. The number of aromatic nitrogens is 3. The van der Waals surface area contributed by atoms with E-state index < -0.39 is 0 Å². The fourth-order valence-electron chi connectivity index (χ4n) is 4.12. The molecule has 37 heavy (non-hydrogen) atoms. The zero-order chi connectivity index (χ0) is 26.5. The third-order valence-electron chi connectivity index (χ3n) is 5.96. The summed E-state index contributed by atoms with van der Waals surface area (Å²) in [5.41, 5.74) is 4.39. The molecule has 0 radical (unpaired) electrons. The van der Waals surface area contributed by atoms with Crippen LogP contribution in [0.25, 0.3) is 16.9 Å². The number of hydrogen-bond acceptors (Lipinski definition) is 6. The summed E-state index contributed by atoms with van der Waals surface area (Å²) in [6, 6.07) is 14.3. The number of nitrogens with one attached hydrogen (secondary N) is 2. The fraction of sp³-hybridized carbons (Fsp3) is 0.286. The van der Waals surface area contributed by atoms with Crippen LogP contribution in [0.15, 0.2) is 59.7 Å². The van der Waals surface area contributed by atoms with E-state index in [0.717, 1.165) is 16.7 Å². The normalized spacial score (nSPS) is 11.9. The number of imidazole rings is 1. The van der Waals surface area contributed by atoms with E-state index >= 15 is 0 Å². The minimum absolute atomic E-state index is 0.0806. The van der Waals surface area contributed by atoms with Crippen molar-refractivity contribution in [3.63, 3.8) is 0 Å². The van der Waals surface area contributed by atoms with Gasteiger partial charge in [0.2, 0.25) is 0 Å². The van der Waals surface area contributed by atoms with Gasteiger partial charge in [0.25, 0.3) is 5.91 Å². The van der Waals surface area contributed by atoms with E-state index in [1.807, 2.05) is 45.0 Å². The van der Waals surface area contributed by atoms with Crippen molar-refractivity contribution in [2.75, 3.05) is 6.61 Å². The van der Waals surface area contributed by atoms with E-state index in [-0.39, 0.29) is 30.3 Å². The Labute approximate surface area is 214 Å². The zero-order valence-corrected chi connectivity index (χ0v) is 21.0. The molecule has 9 heteroatoms. The third-order valence-corrected chi connectivity index (χ3v) is 5.96. The van der Waals surface area contributed by atoms with Crippen LogP contribution in [0.1, 0.15) is 47.3 Å². The number of aliphatic hydroxyl groups excluding tert-OH is 1. The number of nitriles is 1. The van der Waals surface area contributed by atoms with Crippen LogP contribution in [0.3, 0.4) is 0 Å². The summed E-state index contributed by atoms with van der Waals surface area (Å²) < 4.78 is 7.12. The molecule has 2 aromatic carbocycles. The molecule has 1 unspecified atom stereocenters. The van der Waals surface area contributed by atoms with Crippen LogP contribution < -0.4 is 15.7 Å². The van der Waals surface area contributed by atoms with Crippen LogP contribution >= 0.6 is 0 Å². The number of aromatic amines is 1. The van der Waals surface area contributed by atoms with Gasteiger partial charge in [-0.25, -0.2) is 9.78 Å². The Balaban J connectivity index is 1.48. The summed E-state index contributed by atoms with van der Waals surface area (Å²) >= 11 is 0. The highest BCUT2D eigenvalue weighted by Gasteiger charge is 2.17. The molecule has 1 atom stereocenters. The molecule has 0 saturated carbocycles. The number of rotatable bonds is 9. The number of carbonyl (C=O) groups is 1. The largest absolute Gasteiger partial charge is 0.490 e. The fourth-order valence-corrected chi connectivity index (χ4v) is 4.12. The van der Waals surface area contributed by atoms with Gasteiger partial charge in [-0.15, -0.1) is 0 Å². The standard InChI is InChI=1S/C28H29N5O4/c1-17(2)37-25-9-8-21(13-22(25)14-29)27(35)31-23(10-11-34)12-19-4-6-20(7-5-19)24-16-33-26(32-24)18(3)15-30-28(33)36/h4-9,13,15-17,23,34H,10-12H2,1-3H3,(H,30,36)(H,31,35). The Morgan fingerprint density at radius 3 is 2.65 bits per heavy atom. The van der Waals surface area contributed by atoms with Crippen molar-refractivity contribution in [1.82, 2.24) is 19.7 Å². The number of amides is 1. The van der Waals surface area contributed by atoms with Gasteiger partial charge in [0, 0.05) is 41.7 Å². The van der Waals surface area contributed by atoms with E-state index in [0.29, 0.717) is 41.1 Å². The number of aliphatic hydroxyl groups is 1. The maximum atomic E-state index is 12.9. The zero-order valence-electron chi connectivity index (χ0n) is 21.0. The lowest BCUT2D eigenvalue weighted by Gasteiger charge is -2.19. The third kappa shape index (κ3) is 5.88. The number of hydrogen-bond donors (Lipinski definition) is 3. The summed E-state index contributed by atoms with van der Waals surface area (Å²) in [6.07, 6.45) is 4.14. The molecule has 2 aromatic heterocycles. The van der Waals surface area contributed by atoms with Gasteiger partial charge >= 0.3 is 5.69 Å². The topological polar surface area (TPSA) is 133 Å². The number of H-pyrrole nitrogens is 1. The van der Waals surface area contributed by atoms with Crippen LogP contribution in [0.2, 0.25) is 0 Å². The molecule has 0 aliphatic carbocycles. The smallest absolute Gasteiger partial charge is 0.331 e. The lowest BCUT2D eigenvalue weighted by Crippen LogP contribution is -2.37. The van der Waals surface area contributed by atoms with Gasteiger partial charge in [0.15, 0.2) is 0 Å². The van der Waals surface area contributed by atoms with Crippen LogP contribution in [-0.4, -0.2) is 44.1 Å². The monoisotopic (exact) mass is 499 g/mol. The van der Waals surface area contributed by atoms with Crippen molar-refractivity contribution in [3.8, 4) is 23.1 Å². The Morgan fingerprint density at radius 1 is 1.24 bits per heavy atom. The number of fused-ring (bicyclic) bond motifs is 1. The van der Waals surface area contributed by atoms with Crippen LogP contribution in [-0.2, 0) is 6.42 Å². The van der Waals surface area contributed by atoms with Crippen molar-refractivity contribution in [3.05, 3.63) is 87.6 Å². The summed E-state index contributed by atoms with van der Waals surface area (Å²) in [4.78, 5) is 32.3. The van der Waals surface area contributed by atoms with Gasteiger partial charge in [0.05, 0.1) is 17.4 Å². The van der Waals surface area contributed by atoms with E-state index in [9.17, 15) is 20.0 Å². The van der Waals surface area contributed by atoms with Gasteiger partial charge in [-0.2, -0.15) is 5.26 Å². The molecule has 0 fully saturated rings. The van der Waals surface area contributed by atoms with E-state index in [2.05, 4.69) is 21.4 Å². The van der Waals surface area contributed by atoms with Gasteiger partial charge < -0.3 is 20.1 Å². The molecule has 4 aromatic rings. The highest BCUT2D eigenvalue weighted by molar-refractivity contribution is 5.95. The van der Waals surface area contributed by atoms with Crippen molar-refractivity contribution in [2.24, 2.45) is 0 Å². The first-order valence-corrected chi connectivity index (χ1v) is 12.1. The molecule has 3 N–H and O–H groups in total. The quantitative estimate of drug-likeness (QED) is 0.323. The van der Waals surface area contributed by atoms with Crippen LogP contribution in [0.5, 0.6) is 5.75 Å². The summed E-state index contributed by atoms with van der Waals surface area (Å²) in [5, 5.41) is 22.0. The first-order chi connectivity index (χ1) is 17.8. The minimum atomic E-state index is -0.326. The first kappa shape index (κ1) is 25.7. The van der Waals surface area contributed by atoms with Gasteiger partial charge in [-0.05, 0) is 57.4 Å². The van der Waals surface area contributed by atoms with E-state index in [1.54, 1.807) is 24.5 Å². The SMILES string of the molecule is Cc1c[nH]c(=O)n2cc(-c3ccc(CC(CCO)NC(=O)c4ccc(OC(C)C)c(C#N)c4)cc3)nc12. The highest BCUT2D eigenvalue weighted by Crippen LogP contribution is 2.22. The predicted octanol–water partition coefficient (Wildman–Crippen LogP) is 3.38. The Kier molecular flexibility index (Phi) is 7.70. The molecule has 0 spiro atoms. The second-order valence-corrected chi connectivity index (χ2v) is 9.17. The predicted molar refractivity (Wildman–Crippen MR) is 140 cm³/mol. The molecule has 0 bridgehead atoms. The molecular weight excluding hydrogens is 470 g/mol. The van der Waals surface area contributed by atoms with Crippen molar-refractivity contribution in [1.29, 1.82) is 5.26 Å². The number of carbonyl (C=O) groups excluding carboxylic acids is 1. The summed E-state index contributed by atoms with van der Waals surface area (Å²) in [5.74, 6) is 0.111. The van der Waals surface area contributed by atoms with Crippen molar-refractivity contribution in [2.45, 2.75) is 45.8 Å². The molecule has 4 rings (SSSR count). The molecule has 2 heterocycles. The molecular formula is C28H29N5O4. The average molecular weight is 500 g/mol. The Hall–Kier alpha value is -4.42. The second-order valence-electron chi connectivity index (χ2n) is 9.17. The van der Waals surface area contributed by atoms with Gasteiger partial charge in [-0.1, -0.05) is 24.3 Å². The van der Waals surface area contributed by atoms with Gasteiger partial charge in [0.1, 0.15) is 17.5 Å². The molecule has 190 valence electrons. The van der Waals surface area contributed by atoms with Crippen LogP contribution in [0, 0.1) is 18.3 Å². The maximum absolute atomic E-state index is 12.9. The van der Waals surface area contributed by atoms with Crippen molar-refractivity contribution >= 4 is 11.6 Å². The summed E-state index contributed by atoms with van der Waals surface area (Å²) in [7, 11) is 0. The van der Waals surface area contributed by atoms with E-state index in [1.165, 1.54) is 10.5 Å². The first-order valence-electron chi connectivity index (χ1n) is 12.1. The number of benzene rings is 2. The van der Waals surface area contributed by atoms with Gasteiger partial charge in [-0.3, -0.25) is 9.20 Å². The number of ether oxygens (including phenoxy) is 1. The molecule has 9 nitrogen and oxygen atoms in total. The molecule has 0 aliphatic rings. The lowest BCUT2D eigenvalue weighted by molar-refractivity contribution is 0.0930. The Bertz CT molecular complexity index is 1510. The average Bonchev–Trinajstić information content (AvgIpc) is 3.34. The Morgan fingerprint density at radius 2 is 2.00 bits per heavy atom. The summed E-state index contributed by atoms with van der Waals surface area (Å²) in [6.45, 7) is 5.54. The maximum Gasteiger partial charge on any atom is 0.331 e. The number of nitrogens with zero attached hydrogens (tertiary/aromatic N) is 3. The number of aryl methyl sites for hydroxylation is 1. The van der Waals surface area contributed by atoms with E-state index in [4.69, 9.17) is 4.74 Å². The lowest BCUT2D eigenvalue weighted by atomic mass is 10.0. The van der Waals surface area contributed by atoms with Crippen LogP contribution in [0.4, 0.5) is 0 Å². The molecule has 0 aliphatic heterocycles.